The number of likely N-dealkylation sites (N-methyl/N-ethyl adjacent to an activating group) is 1. The quantitative estimate of drug-likeness (QED) is 0.813. The molecule has 120 valence electrons. The molecule has 0 aliphatic heterocycles. The lowest BCUT2D eigenvalue weighted by atomic mass is 9.88. The van der Waals surface area contributed by atoms with E-state index in [0.717, 1.165) is 37.9 Å². The molecule has 1 fully saturated rings. The smallest absolute Gasteiger partial charge is 0.0834 e. The van der Waals surface area contributed by atoms with Crippen LogP contribution in [0.1, 0.15) is 50.9 Å². The molecule has 1 aliphatic rings. The van der Waals surface area contributed by atoms with Gasteiger partial charge in [-0.1, -0.05) is 19.8 Å². The van der Waals surface area contributed by atoms with Crippen molar-refractivity contribution in [3.63, 3.8) is 0 Å². The Morgan fingerprint density at radius 2 is 2.05 bits per heavy atom. The maximum Gasteiger partial charge on any atom is 0.0834 e. The molecule has 0 radical (unpaired) electrons. The minimum Gasteiger partial charge on any atom is -0.377 e. The predicted octanol–water partition coefficient (Wildman–Crippen LogP) is 3.32. The molecule has 1 aromatic heterocycles. The number of nitrogens with one attached hydrogen (secondary N) is 1. The van der Waals surface area contributed by atoms with Crippen LogP contribution < -0.4 is 5.32 Å². The molecule has 1 unspecified atom stereocenters. The number of halogens is 1. The molecule has 2 rings (SSSR count). The van der Waals surface area contributed by atoms with Crippen LogP contribution in [-0.4, -0.2) is 35.6 Å². The number of methoxy groups -OCH3 is 1. The first-order chi connectivity index (χ1) is 10.1. The van der Waals surface area contributed by atoms with E-state index in [-0.39, 0.29) is 5.60 Å². The summed E-state index contributed by atoms with van der Waals surface area (Å²) in [5, 5.41) is 8.21. The first-order valence-electron chi connectivity index (χ1n) is 8.08. The summed E-state index contributed by atoms with van der Waals surface area (Å²) in [5.74, 6) is 0. The number of rotatable bonds is 7. The van der Waals surface area contributed by atoms with Crippen LogP contribution in [0.3, 0.4) is 0 Å². The van der Waals surface area contributed by atoms with Crippen LogP contribution in [-0.2, 0) is 24.1 Å². The molecule has 1 N–H and O–H groups in total. The zero-order chi connectivity index (χ0) is 15.5. The summed E-state index contributed by atoms with van der Waals surface area (Å²) in [6.07, 6.45) is 6.73. The van der Waals surface area contributed by atoms with E-state index in [9.17, 15) is 0 Å². The van der Waals surface area contributed by atoms with Crippen LogP contribution in [0.15, 0.2) is 4.47 Å². The summed E-state index contributed by atoms with van der Waals surface area (Å²) in [6.45, 7) is 5.21. The first-order valence-corrected chi connectivity index (χ1v) is 8.87. The van der Waals surface area contributed by atoms with Crippen molar-refractivity contribution in [1.82, 2.24) is 15.1 Å². The van der Waals surface area contributed by atoms with Crippen LogP contribution in [0, 0.1) is 0 Å². The van der Waals surface area contributed by atoms with Crippen molar-refractivity contribution in [3.8, 4) is 0 Å². The monoisotopic (exact) mass is 357 g/mol. The second kappa shape index (κ2) is 7.25. The van der Waals surface area contributed by atoms with Crippen molar-refractivity contribution < 1.29 is 4.74 Å². The number of nitrogens with zero attached hydrogens (tertiary/aromatic N) is 2. The lowest BCUT2D eigenvalue weighted by Gasteiger charge is -2.36. The third-order valence-corrected chi connectivity index (χ3v) is 5.85. The molecule has 0 amide bonds. The zero-order valence-corrected chi connectivity index (χ0v) is 15.3. The standard InChI is InChI=1S/C16H28BrN3O/c1-5-12-15(17)13(20(6-2)19-12)11-14(18-3)16(21-4)9-7-8-10-16/h14,18H,5-11H2,1-4H3. The van der Waals surface area contributed by atoms with E-state index in [4.69, 9.17) is 9.84 Å². The number of hydrogen-bond acceptors (Lipinski definition) is 3. The summed E-state index contributed by atoms with van der Waals surface area (Å²) in [4.78, 5) is 0. The van der Waals surface area contributed by atoms with Crippen molar-refractivity contribution in [2.24, 2.45) is 0 Å². The van der Waals surface area contributed by atoms with E-state index in [1.165, 1.54) is 23.0 Å². The first kappa shape index (κ1) is 17.0. The Balaban J connectivity index is 2.28. The molecule has 1 saturated carbocycles. The molecule has 5 heteroatoms. The molecular weight excluding hydrogens is 330 g/mol. The van der Waals surface area contributed by atoms with Gasteiger partial charge in [0, 0.05) is 26.1 Å². The van der Waals surface area contributed by atoms with E-state index in [1.54, 1.807) is 0 Å². The fourth-order valence-corrected chi connectivity index (χ4v) is 4.35. The molecule has 1 aromatic rings. The summed E-state index contributed by atoms with van der Waals surface area (Å²) >= 11 is 3.76. The minimum atomic E-state index is -0.0244. The summed E-state index contributed by atoms with van der Waals surface area (Å²) in [5.41, 5.74) is 2.42. The molecule has 0 aromatic carbocycles. The molecular formula is C16H28BrN3O. The van der Waals surface area contributed by atoms with Crippen LogP contribution in [0.25, 0.3) is 0 Å². The van der Waals surface area contributed by atoms with Gasteiger partial charge in [-0.2, -0.15) is 5.10 Å². The van der Waals surface area contributed by atoms with Crippen molar-refractivity contribution in [3.05, 3.63) is 15.9 Å². The van der Waals surface area contributed by atoms with Gasteiger partial charge in [0.2, 0.25) is 0 Å². The number of hydrogen-bond donors (Lipinski definition) is 1. The molecule has 1 heterocycles. The van der Waals surface area contributed by atoms with Crippen molar-refractivity contribution in [2.75, 3.05) is 14.2 Å². The maximum absolute atomic E-state index is 5.96. The van der Waals surface area contributed by atoms with Crippen LogP contribution in [0.2, 0.25) is 0 Å². The highest BCUT2D eigenvalue weighted by Crippen LogP contribution is 2.37. The van der Waals surface area contributed by atoms with Gasteiger partial charge >= 0.3 is 0 Å². The largest absolute Gasteiger partial charge is 0.377 e. The Hall–Kier alpha value is -0.390. The van der Waals surface area contributed by atoms with Gasteiger partial charge in [0.1, 0.15) is 0 Å². The Bertz CT molecular complexity index is 466. The number of aryl methyl sites for hydroxylation is 2. The van der Waals surface area contributed by atoms with E-state index >= 15 is 0 Å². The molecule has 1 atom stereocenters. The Morgan fingerprint density at radius 1 is 1.38 bits per heavy atom. The van der Waals surface area contributed by atoms with Gasteiger partial charge in [-0.15, -0.1) is 0 Å². The maximum atomic E-state index is 5.96. The summed E-state index contributed by atoms with van der Waals surface area (Å²) in [6, 6.07) is 0.327. The third kappa shape index (κ3) is 3.20. The Kier molecular flexibility index (Phi) is 5.86. The third-order valence-electron chi connectivity index (χ3n) is 4.93. The highest BCUT2D eigenvalue weighted by molar-refractivity contribution is 9.10. The normalized spacial score (nSPS) is 19.1. The fourth-order valence-electron chi connectivity index (χ4n) is 3.63. The van der Waals surface area contributed by atoms with E-state index in [1.807, 2.05) is 14.2 Å². The second-order valence-corrected chi connectivity index (χ2v) is 6.69. The highest BCUT2D eigenvalue weighted by Gasteiger charge is 2.41. The molecule has 0 spiro atoms. The van der Waals surface area contributed by atoms with Crippen molar-refractivity contribution in [1.29, 1.82) is 0 Å². The Morgan fingerprint density at radius 3 is 2.52 bits per heavy atom. The molecule has 0 saturated heterocycles. The van der Waals surface area contributed by atoms with E-state index in [0.29, 0.717) is 6.04 Å². The topological polar surface area (TPSA) is 39.1 Å². The second-order valence-electron chi connectivity index (χ2n) is 5.90. The minimum absolute atomic E-state index is 0.0244. The summed E-state index contributed by atoms with van der Waals surface area (Å²) < 4.78 is 9.27. The van der Waals surface area contributed by atoms with Crippen LogP contribution >= 0.6 is 15.9 Å². The average molecular weight is 358 g/mol. The summed E-state index contributed by atoms with van der Waals surface area (Å²) in [7, 11) is 3.91. The molecule has 1 aliphatic carbocycles. The SMILES string of the molecule is CCc1nn(CC)c(CC(NC)C2(OC)CCCC2)c1Br. The lowest BCUT2D eigenvalue weighted by molar-refractivity contribution is -0.0341. The highest BCUT2D eigenvalue weighted by atomic mass is 79.9. The number of ether oxygens (including phenoxy) is 1. The lowest BCUT2D eigenvalue weighted by Crippen LogP contribution is -2.50. The van der Waals surface area contributed by atoms with Gasteiger partial charge < -0.3 is 10.1 Å². The average Bonchev–Trinajstić information content (AvgIpc) is 3.10. The van der Waals surface area contributed by atoms with E-state index < -0.39 is 0 Å². The molecule has 0 bridgehead atoms. The fraction of sp³-hybridized carbons (Fsp3) is 0.812. The molecule has 4 nitrogen and oxygen atoms in total. The van der Waals surface area contributed by atoms with E-state index in [2.05, 4.69) is 39.8 Å². The Labute approximate surface area is 136 Å². The van der Waals surface area contributed by atoms with Gasteiger partial charge in [0.25, 0.3) is 0 Å². The molecule has 21 heavy (non-hydrogen) atoms. The van der Waals surface area contributed by atoms with Gasteiger partial charge in [0.15, 0.2) is 0 Å². The van der Waals surface area contributed by atoms with Gasteiger partial charge in [0.05, 0.1) is 21.5 Å². The predicted molar refractivity (Wildman–Crippen MR) is 89.7 cm³/mol. The number of aromatic nitrogens is 2. The zero-order valence-electron chi connectivity index (χ0n) is 13.7. The van der Waals surface area contributed by atoms with Crippen molar-refractivity contribution in [2.45, 2.75) is 70.6 Å². The van der Waals surface area contributed by atoms with Gasteiger partial charge in [-0.05, 0) is 49.2 Å². The van der Waals surface area contributed by atoms with Gasteiger partial charge in [-0.3, -0.25) is 4.68 Å². The van der Waals surface area contributed by atoms with Crippen LogP contribution in [0.5, 0.6) is 0 Å². The van der Waals surface area contributed by atoms with Crippen LogP contribution in [0.4, 0.5) is 0 Å². The van der Waals surface area contributed by atoms with Gasteiger partial charge in [-0.25, -0.2) is 0 Å². The van der Waals surface area contributed by atoms with Crippen molar-refractivity contribution >= 4 is 15.9 Å².